The molecule has 4 rings (SSSR count). The molecular formula is C18H19FN2S. The van der Waals surface area contributed by atoms with E-state index in [1.165, 1.54) is 18.9 Å². The zero-order valence-electron chi connectivity index (χ0n) is 12.3. The summed E-state index contributed by atoms with van der Waals surface area (Å²) in [6.45, 7) is 1.83. The molecule has 0 saturated heterocycles. The van der Waals surface area contributed by atoms with Crippen molar-refractivity contribution in [2.75, 3.05) is 6.54 Å². The average Bonchev–Trinajstić information content (AvgIpc) is 3.24. The van der Waals surface area contributed by atoms with Gasteiger partial charge in [0.2, 0.25) is 0 Å². The van der Waals surface area contributed by atoms with Gasteiger partial charge in [-0.25, -0.2) is 9.37 Å². The number of thiazole rings is 1. The van der Waals surface area contributed by atoms with Crippen molar-refractivity contribution in [1.29, 1.82) is 0 Å². The molecule has 1 heterocycles. The highest BCUT2D eigenvalue weighted by molar-refractivity contribution is 7.15. The van der Waals surface area contributed by atoms with E-state index in [0.29, 0.717) is 5.56 Å². The van der Waals surface area contributed by atoms with Crippen molar-refractivity contribution < 1.29 is 4.39 Å². The first-order valence-electron chi connectivity index (χ1n) is 7.88. The van der Waals surface area contributed by atoms with Gasteiger partial charge in [0.1, 0.15) is 10.8 Å². The van der Waals surface area contributed by atoms with Gasteiger partial charge in [-0.1, -0.05) is 30.4 Å². The standard InChI is InChI=1S/C18H19FN2S/c19-16-4-2-1-3-15(16)17-10-21-18(22-17)11-20-9-14-8-12-5-6-13(14)7-12/h1-6,10,12-14,20H,7-9,11H2. The molecule has 2 aliphatic carbocycles. The third-order valence-corrected chi connectivity index (χ3v) is 5.82. The highest BCUT2D eigenvalue weighted by Gasteiger charge is 2.34. The van der Waals surface area contributed by atoms with E-state index < -0.39 is 0 Å². The fraction of sp³-hybridized carbons (Fsp3) is 0.389. The number of fused-ring (bicyclic) bond motifs is 2. The topological polar surface area (TPSA) is 24.9 Å². The van der Waals surface area contributed by atoms with Crippen LogP contribution in [0.25, 0.3) is 10.4 Å². The van der Waals surface area contributed by atoms with Crippen molar-refractivity contribution in [1.82, 2.24) is 10.3 Å². The van der Waals surface area contributed by atoms with Gasteiger partial charge in [-0.15, -0.1) is 11.3 Å². The van der Waals surface area contributed by atoms with Crippen LogP contribution in [-0.2, 0) is 6.54 Å². The monoisotopic (exact) mass is 314 g/mol. The van der Waals surface area contributed by atoms with Crippen molar-refractivity contribution in [2.45, 2.75) is 19.4 Å². The molecule has 1 fully saturated rings. The molecule has 2 aliphatic rings. The molecule has 22 heavy (non-hydrogen) atoms. The third kappa shape index (κ3) is 2.73. The third-order valence-electron chi connectivity index (χ3n) is 4.79. The summed E-state index contributed by atoms with van der Waals surface area (Å²) in [6.07, 6.45) is 9.22. The lowest BCUT2D eigenvalue weighted by Gasteiger charge is -2.18. The summed E-state index contributed by atoms with van der Waals surface area (Å²) >= 11 is 1.57. The van der Waals surface area contributed by atoms with E-state index in [9.17, 15) is 4.39 Å². The minimum Gasteiger partial charge on any atom is -0.310 e. The second-order valence-corrected chi connectivity index (χ2v) is 7.38. The van der Waals surface area contributed by atoms with Gasteiger partial charge < -0.3 is 5.32 Å². The van der Waals surface area contributed by atoms with Crippen LogP contribution in [0.4, 0.5) is 4.39 Å². The number of benzene rings is 1. The molecule has 114 valence electrons. The molecule has 2 bridgehead atoms. The minimum atomic E-state index is -0.181. The van der Waals surface area contributed by atoms with Crippen LogP contribution in [0.5, 0.6) is 0 Å². The first kappa shape index (κ1) is 14.1. The number of nitrogens with one attached hydrogen (secondary N) is 1. The van der Waals surface area contributed by atoms with Crippen LogP contribution in [0.2, 0.25) is 0 Å². The van der Waals surface area contributed by atoms with Gasteiger partial charge in [-0.05, 0) is 43.2 Å². The van der Waals surface area contributed by atoms with Crippen LogP contribution in [0.15, 0.2) is 42.6 Å². The molecule has 1 aromatic heterocycles. The summed E-state index contributed by atoms with van der Waals surface area (Å²) in [5.41, 5.74) is 0.643. The first-order valence-corrected chi connectivity index (χ1v) is 8.70. The lowest BCUT2D eigenvalue weighted by atomic mass is 9.94. The lowest BCUT2D eigenvalue weighted by Crippen LogP contribution is -2.24. The van der Waals surface area contributed by atoms with Crippen molar-refractivity contribution >= 4 is 11.3 Å². The molecule has 1 saturated carbocycles. The van der Waals surface area contributed by atoms with Crippen LogP contribution >= 0.6 is 11.3 Å². The Bertz CT molecular complexity index is 694. The van der Waals surface area contributed by atoms with E-state index in [2.05, 4.69) is 22.5 Å². The van der Waals surface area contributed by atoms with E-state index in [1.807, 2.05) is 12.1 Å². The van der Waals surface area contributed by atoms with Crippen molar-refractivity contribution in [3.63, 3.8) is 0 Å². The van der Waals surface area contributed by atoms with Crippen molar-refractivity contribution in [2.24, 2.45) is 17.8 Å². The highest BCUT2D eigenvalue weighted by atomic mass is 32.1. The summed E-state index contributed by atoms with van der Waals surface area (Å²) in [5, 5.41) is 4.55. The summed E-state index contributed by atoms with van der Waals surface area (Å²) < 4.78 is 13.8. The fourth-order valence-corrected chi connectivity index (χ4v) is 4.59. The first-order chi connectivity index (χ1) is 10.8. The summed E-state index contributed by atoms with van der Waals surface area (Å²) in [7, 11) is 0. The molecular weight excluding hydrogens is 295 g/mol. The maximum atomic E-state index is 13.8. The average molecular weight is 314 g/mol. The molecule has 1 N–H and O–H groups in total. The quantitative estimate of drug-likeness (QED) is 0.835. The normalized spacial score (nSPS) is 26.0. The number of hydrogen-bond acceptors (Lipinski definition) is 3. The van der Waals surface area contributed by atoms with Crippen LogP contribution in [0.3, 0.4) is 0 Å². The molecule has 0 radical (unpaired) electrons. The molecule has 2 aromatic rings. The van der Waals surface area contributed by atoms with E-state index in [0.717, 1.165) is 40.7 Å². The molecule has 0 amide bonds. The highest BCUT2D eigenvalue weighted by Crippen LogP contribution is 2.43. The zero-order valence-corrected chi connectivity index (χ0v) is 13.2. The number of rotatable bonds is 5. The second kappa shape index (κ2) is 5.94. The van der Waals surface area contributed by atoms with Crippen LogP contribution in [0.1, 0.15) is 17.8 Å². The van der Waals surface area contributed by atoms with E-state index >= 15 is 0 Å². The summed E-state index contributed by atoms with van der Waals surface area (Å²) in [6, 6.07) is 6.88. The predicted molar refractivity (Wildman–Crippen MR) is 88.1 cm³/mol. The number of nitrogens with zero attached hydrogens (tertiary/aromatic N) is 1. The molecule has 4 heteroatoms. The number of aromatic nitrogens is 1. The Balaban J connectivity index is 1.35. The number of hydrogen-bond donors (Lipinski definition) is 1. The molecule has 0 aliphatic heterocycles. The van der Waals surface area contributed by atoms with Crippen LogP contribution in [0, 0.1) is 23.6 Å². The van der Waals surface area contributed by atoms with Gasteiger partial charge >= 0.3 is 0 Å². The van der Waals surface area contributed by atoms with Gasteiger partial charge in [0.05, 0.1) is 4.88 Å². The zero-order chi connectivity index (χ0) is 14.9. The van der Waals surface area contributed by atoms with Crippen LogP contribution < -0.4 is 5.32 Å². The van der Waals surface area contributed by atoms with Crippen molar-refractivity contribution in [3.05, 3.63) is 53.4 Å². The molecule has 3 atom stereocenters. The Labute approximate surface area is 134 Å². The Kier molecular flexibility index (Phi) is 3.80. The van der Waals surface area contributed by atoms with Crippen LogP contribution in [-0.4, -0.2) is 11.5 Å². The Morgan fingerprint density at radius 1 is 1.23 bits per heavy atom. The van der Waals surface area contributed by atoms with Gasteiger partial charge in [0, 0.05) is 18.3 Å². The Hall–Kier alpha value is -1.52. The number of halogens is 1. The molecule has 3 unspecified atom stereocenters. The predicted octanol–water partition coefficient (Wildman–Crippen LogP) is 4.25. The SMILES string of the molecule is Fc1ccccc1-c1cnc(CNCC2CC3C=CC2C3)s1. The Morgan fingerprint density at radius 2 is 2.14 bits per heavy atom. The summed E-state index contributed by atoms with van der Waals surface area (Å²) in [5.74, 6) is 2.20. The second-order valence-electron chi connectivity index (χ2n) is 6.27. The maximum absolute atomic E-state index is 13.8. The van der Waals surface area contributed by atoms with Crippen molar-refractivity contribution in [3.8, 4) is 10.4 Å². The summed E-state index contributed by atoms with van der Waals surface area (Å²) in [4.78, 5) is 5.32. The fourth-order valence-electron chi connectivity index (χ4n) is 3.67. The van der Waals surface area contributed by atoms with Gasteiger partial charge in [0.15, 0.2) is 0 Å². The number of allylic oxidation sites excluding steroid dienone is 2. The largest absolute Gasteiger partial charge is 0.310 e. The molecule has 2 nitrogen and oxygen atoms in total. The van der Waals surface area contributed by atoms with Gasteiger partial charge in [0.25, 0.3) is 0 Å². The van der Waals surface area contributed by atoms with E-state index in [-0.39, 0.29) is 5.82 Å². The van der Waals surface area contributed by atoms with E-state index in [1.54, 1.807) is 23.6 Å². The molecule has 1 aromatic carbocycles. The van der Waals surface area contributed by atoms with Gasteiger partial charge in [-0.3, -0.25) is 0 Å². The smallest absolute Gasteiger partial charge is 0.131 e. The maximum Gasteiger partial charge on any atom is 0.131 e. The lowest BCUT2D eigenvalue weighted by molar-refractivity contribution is 0.414. The minimum absolute atomic E-state index is 0.181. The van der Waals surface area contributed by atoms with Gasteiger partial charge in [-0.2, -0.15) is 0 Å². The Morgan fingerprint density at radius 3 is 2.91 bits per heavy atom. The van der Waals surface area contributed by atoms with E-state index in [4.69, 9.17) is 0 Å². The molecule has 0 spiro atoms.